The minimum absolute atomic E-state index is 0.196. The van der Waals surface area contributed by atoms with Crippen molar-refractivity contribution in [2.45, 2.75) is 26.8 Å². The normalized spacial score (nSPS) is 15.5. The van der Waals surface area contributed by atoms with Crippen molar-refractivity contribution in [1.82, 2.24) is 4.57 Å². The van der Waals surface area contributed by atoms with Crippen LogP contribution in [0.25, 0.3) is 6.08 Å². The summed E-state index contributed by atoms with van der Waals surface area (Å²) >= 11 is 1.31. The van der Waals surface area contributed by atoms with Gasteiger partial charge in [-0.25, -0.2) is 9.79 Å². The number of anilines is 1. The lowest BCUT2D eigenvalue weighted by molar-refractivity contribution is -0.139. The zero-order valence-corrected chi connectivity index (χ0v) is 21.4. The van der Waals surface area contributed by atoms with E-state index in [-0.39, 0.29) is 12.2 Å². The smallest absolute Gasteiger partial charge is 0.338 e. The third-order valence-electron chi connectivity index (χ3n) is 5.73. The zero-order chi connectivity index (χ0) is 25.1. The first-order chi connectivity index (χ1) is 16.8. The van der Waals surface area contributed by atoms with Crippen molar-refractivity contribution < 1.29 is 14.3 Å². The fourth-order valence-corrected chi connectivity index (χ4v) is 5.09. The summed E-state index contributed by atoms with van der Waals surface area (Å²) in [6.07, 6.45) is 1.86. The van der Waals surface area contributed by atoms with Crippen LogP contribution in [-0.4, -0.2) is 37.8 Å². The average Bonchev–Trinajstić information content (AvgIpc) is 3.13. The highest BCUT2D eigenvalue weighted by Gasteiger charge is 2.33. The van der Waals surface area contributed by atoms with Crippen molar-refractivity contribution in [3.05, 3.63) is 90.6 Å². The largest absolute Gasteiger partial charge is 0.494 e. The van der Waals surface area contributed by atoms with Gasteiger partial charge >= 0.3 is 5.97 Å². The van der Waals surface area contributed by atoms with Gasteiger partial charge in [0.1, 0.15) is 5.75 Å². The Morgan fingerprint density at radius 2 is 1.77 bits per heavy atom. The van der Waals surface area contributed by atoms with Crippen molar-refractivity contribution in [1.29, 1.82) is 0 Å². The minimum atomic E-state index is -0.640. The summed E-state index contributed by atoms with van der Waals surface area (Å²) in [5, 5.41) is 0. The molecule has 0 aliphatic carbocycles. The molecule has 0 amide bonds. The predicted molar refractivity (Wildman–Crippen MR) is 139 cm³/mol. The Bertz CT molecular complexity index is 1430. The first-order valence-corrected chi connectivity index (χ1v) is 12.4. The number of carbonyl (C=O) groups excluding carboxylic acids is 1. The van der Waals surface area contributed by atoms with E-state index in [0.717, 1.165) is 22.6 Å². The Labute approximate surface area is 208 Å². The van der Waals surface area contributed by atoms with Crippen molar-refractivity contribution in [3.63, 3.8) is 0 Å². The summed E-state index contributed by atoms with van der Waals surface area (Å²) in [7, 11) is 3.97. The fraction of sp³-hybridized carbons (Fsp3) is 0.296. The van der Waals surface area contributed by atoms with E-state index in [1.54, 1.807) is 18.4 Å². The maximum Gasteiger partial charge on any atom is 0.338 e. The molecule has 7 nitrogen and oxygen atoms in total. The van der Waals surface area contributed by atoms with Gasteiger partial charge in [0.15, 0.2) is 4.80 Å². The molecule has 0 radical (unpaired) electrons. The van der Waals surface area contributed by atoms with Crippen LogP contribution in [0.2, 0.25) is 0 Å². The molecule has 4 rings (SSSR count). The highest BCUT2D eigenvalue weighted by molar-refractivity contribution is 7.07. The predicted octanol–water partition coefficient (Wildman–Crippen LogP) is 3.26. The number of aromatic nitrogens is 1. The summed E-state index contributed by atoms with van der Waals surface area (Å²) in [5.41, 5.74) is 3.50. The van der Waals surface area contributed by atoms with Gasteiger partial charge in [-0.2, -0.15) is 0 Å². The number of rotatable bonds is 7. The number of allylic oxidation sites excluding steroid dienone is 1. The maximum absolute atomic E-state index is 13.7. The highest BCUT2D eigenvalue weighted by Crippen LogP contribution is 2.31. The molecule has 0 N–H and O–H groups in total. The number of benzene rings is 2. The van der Waals surface area contributed by atoms with Crippen LogP contribution in [0.5, 0.6) is 5.75 Å². The molecule has 0 unspecified atom stereocenters. The number of hydrogen-bond donors (Lipinski definition) is 0. The number of ether oxygens (including phenoxy) is 2. The van der Waals surface area contributed by atoms with E-state index in [4.69, 9.17) is 9.47 Å². The lowest BCUT2D eigenvalue weighted by Gasteiger charge is -2.24. The van der Waals surface area contributed by atoms with Gasteiger partial charge in [0.2, 0.25) is 0 Å². The number of hydrogen-bond acceptors (Lipinski definition) is 7. The Hall–Kier alpha value is -3.65. The Morgan fingerprint density at radius 3 is 2.37 bits per heavy atom. The second-order valence-corrected chi connectivity index (χ2v) is 9.30. The van der Waals surface area contributed by atoms with Crippen molar-refractivity contribution in [2.24, 2.45) is 4.99 Å². The standard InChI is InChI=1S/C27H29N3O4S/c1-6-33-21-14-10-19(11-15-21)24-23(26(32)34-7-2)17(3)28-27-30(24)25(31)22(35-27)16-18-8-12-20(13-9-18)29(4)5/h8-16,24H,6-7H2,1-5H3/b22-16-/t24-/m0/s1. The number of fused-ring (bicyclic) bond motifs is 1. The molecule has 2 heterocycles. The minimum Gasteiger partial charge on any atom is -0.494 e. The van der Waals surface area contributed by atoms with Gasteiger partial charge in [-0.3, -0.25) is 9.36 Å². The maximum atomic E-state index is 13.7. The van der Waals surface area contributed by atoms with Crippen molar-refractivity contribution in [3.8, 4) is 5.75 Å². The molecule has 1 atom stereocenters. The summed E-state index contributed by atoms with van der Waals surface area (Å²) in [4.78, 5) is 33.8. The molecule has 1 aromatic heterocycles. The molecule has 1 aliphatic heterocycles. The third kappa shape index (κ3) is 4.93. The Morgan fingerprint density at radius 1 is 1.09 bits per heavy atom. The molecule has 0 saturated carbocycles. The van der Waals surface area contributed by atoms with Gasteiger partial charge in [-0.05, 0) is 62.2 Å². The molecule has 0 spiro atoms. The summed E-state index contributed by atoms with van der Waals surface area (Å²) < 4.78 is 13.1. The molecule has 3 aromatic rings. The zero-order valence-electron chi connectivity index (χ0n) is 20.6. The van der Waals surface area contributed by atoms with Gasteiger partial charge in [0.25, 0.3) is 5.56 Å². The lowest BCUT2D eigenvalue weighted by atomic mass is 9.96. The summed E-state index contributed by atoms with van der Waals surface area (Å²) in [5.74, 6) is 0.254. The van der Waals surface area contributed by atoms with E-state index in [2.05, 4.69) is 4.99 Å². The van der Waals surface area contributed by atoms with Crippen molar-refractivity contribution >= 4 is 29.1 Å². The molecular weight excluding hydrogens is 462 g/mol. The number of carbonyl (C=O) groups is 1. The van der Waals surface area contributed by atoms with Crippen LogP contribution in [0, 0.1) is 0 Å². The summed E-state index contributed by atoms with van der Waals surface area (Å²) in [6, 6.07) is 14.8. The number of nitrogens with zero attached hydrogens (tertiary/aromatic N) is 3. The van der Waals surface area contributed by atoms with Crippen LogP contribution in [0.3, 0.4) is 0 Å². The van der Waals surface area contributed by atoms with Crippen LogP contribution >= 0.6 is 11.3 Å². The fourth-order valence-electron chi connectivity index (χ4n) is 4.04. The first kappa shape index (κ1) is 24.5. The molecule has 35 heavy (non-hydrogen) atoms. The van der Waals surface area contributed by atoms with E-state index in [1.165, 1.54) is 11.3 Å². The van der Waals surface area contributed by atoms with E-state index < -0.39 is 12.0 Å². The van der Waals surface area contributed by atoms with Crippen LogP contribution in [-0.2, 0) is 9.53 Å². The van der Waals surface area contributed by atoms with E-state index in [1.807, 2.05) is 80.5 Å². The van der Waals surface area contributed by atoms with Crippen LogP contribution in [0.15, 0.2) is 69.6 Å². The van der Waals surface area contributed by atoms with Gasteiger partial charge < -0.3 is 14.4 Å². The molecule has 0 saturated heterocycles. The van der Waals surface area contributed by atoms with Gasteiger partial charge in [-0.1, -0.05) is 35.6 Å². The molecule has 8 heteroatoms. The first-order valence-electron chi connectivity index (χ1n) is 11.5. The average molecular weight is 492 g/mol. The SMILES string of the molecule is CCOC(=O)C1=C(C)N=c2s/c(=C\c3ccc(N(C)C)cc3)c(=O)n2[C@H]1c1ccc(OCC)cc1. The number of esters is 1. The van der Waals surface area contributed by atoms with Gasteiger partial charge in [0, 0.05) is 19.8 Å². The molecule has 0 fully saturated rings. The topological polar surface area (TPSA) is 73.1 Å². The lowest BCUT2D eigenvalue weighted by Crippen LogP contribution is -2.39. The number of thiazole rings is 1. The summed E-state index contributed by atoms with van der Waals surface area (Å²) in [6.45, 7) is 6.25. The van der Waals surface area contributed by atoms with E-state index >= 15 is 0 Å². The monoisotopic (exact) mass is 491 g/mol. The third-order valence-corrected chi connectivity index (χ3v) is 6.71. The van der Waals surface area contributed by atoms with Gasteiger partial charge in [0.05, 0.1) is 35.1 Å². The molecule has 0 bridgehead atoms. The molecular formula is C27H29N3O4S. The second-order valence-electron chi connectivity index (χ2n) is 8.29. The van der Waals surface area contributed by atoms with Crippen LogP contribution < -0.4 is 24.5 Å². The second kappa shape index (κ2) is 10.3. The van der Waals surface area contributed by atoms with Crippen LogP contribution in [0.4, 0.5) is 5.69 Å². The highest BCUT2D eigenvalue weighted by atomic mass is 32.1. The van der Waals surface area contributed by atoms with Crippen LogP contribution in [0.1, 0.15) is 37.9 Å². The van der Waals surface area contributed by atoms with E-state index in [9.17, 15) is 9.59 Å². The Balaban J connectivity index is 1.87. The quantitative estimate of drug-likeness (QED) is 0.475. The van der Waals surface area contributed by atoms with E-state index in [0.29, 0.717) is 27.2 Å². The molecule has 2 aromatic carbocycles. The molecule has 182 valence electrons. The molecule has 1 aliphatic rings. The van der Waals surface area contributed by atoms with Crippen molar-refractivity contribution in [2.75, 3.05) is 32.2 Å². The Kier molecular flexibility index (Phi) is 7.21. The van der Waals surface area contributed by atoms with Gasteiger partial charge in [-0.15, -0.1) is 0 Å².